The van der Waals surface area contributed by atoms with Crippen molar-refractivity contribution in [3.63, 3.8) is 0 Å². The number of hydrogen-bond acceptors (Lipinski definition) is 1. The van der Waals surface area contributed by atoms with Gasteiger partial charge in [0.1, 0.15) is 0 Å². The van der Waals surface area contributed by atoms with Gasteiger partial charge in [-0.05, 0) is 0 Å². The van der Waals surface area contributed by atoms with Crippen LogP contribution in [-0.4, -0.2) is 9.78 Å². The number of benzene rings is 1. The first kappa shape index (κ1) is 10.1. The molecule has 1 radical (unpaired) electrons. The van der Waals surface area contributed by atoms with Crippen molar-refractivity contribution in [2.24, 2.45) is 7.05 Å². The Morgan fingerprint density at radius 1 is 1.46 bits per heavy atom. The van der Waals surface area contributed by atoms with Gasteiger partial charge in [0.05, 0.1) is 7.05 Å². The standard InChI is InChI=1S/C9H9N3.Ir/c1-11-7-10-12(8-11)9-5-3-2-4-6-9;/h2-5,7-8H,1H3;. The number of nitrogens with zero attached hydrogens (tertiary/aromatic N) is 3. The van der Waals surface area contributed by atoms with Gasteiger partial charge in [-0.2, -0.15) is 18.2 Å². The quantitative estimate of drug-likeness (QED) is 0.542. The van der Waals surface area contributed by atoms with Crippen LogP contribution < -0.4 is 4.57 Å². The SMILES string of the molecule is C[n+]1cnn(-c2[c-]cccc2)c1.[Ir]. The molecule has 0 saturated carbocycles. The molecule has 13 heavy (non-hydrogen) atoms. The molecule has 4 heteroatoms. The van der Waals surface area contributed by atoms with Crippen LogP contribution in [0.1, 0.15) is 0 Å². The van der Waals surface area contributed by atoms with E-state index in [0.29, 0.717) is 0 Å². The van der Waals surface area contributed by atoms with Gasteiger partial charge in [-0.1, -0.05) is 0 Å². The Morgan fingerprint density at radius 3 is 2.85 bits per heavy atom. The first-order chi connectivity index (χ1) is 5.86. The fourth-order valence-electron chi connectivity index (χ4n) is 1.02. The molecule has 1 heterocycles. The van der Waals surface area contributed by atoms with E-state index < -0.39 is 0 Å². The maximum Gasteiger partial charge on any atom is 0.265 e. The second kappa shape index (κ2) is 4.30. The molecular formula is C9H9IrN3. The van der Waals surface area contributed by atoms with Crippen LogP contribution in [0.3, 0.4) is 0 Å². The smallest absolute Gasteiger partial charge is 0.240 e. The maximum absolute atomic E-state index is 4.13. The van der Waals surface area contributed by atoms with Crippen LogP contribution in [0.2, 0.25) is 0 Å². The molecule has 0 aliphatic rings. The van der Waals surface area contributed by atoms with Crippen LogP contribution in [0.5, 0.6) is 0 Å². The molecule has 3 nitrogen and oxygen atoms in total. The van der Waals surface area contributed by atoms with Gasteiger partial charge < -0.3 is 0 Å². The third-order valence-corrected chi connectivity index (χ3v) is 1.59. The van der Waals surface area contributed by atoms with Crippen LogP contribution in [0, 0.1) is 6.07 Å². The summed E-state index contributed by atoms with van der Waals surface area (Å²) in [5, 5.41) is 4.13. The van der Waals surface area contributed by atoms with Gasteiger partial charge in [0, 0.05) is 30.9 Å². The molecular weight excluding hydrogens is 342 g/mol. The summed E-state index contributed by atoms with van der Waals surface area (Å²) in [7, 11) is 1.94. The minimum Gasteiger partial charge on any atom is -0.240 e. The predicted molar refractivity (Wildman–Crippen MR) is 43.6 cm³/mol. The van der Waals surface area contributed by atoms with Crippen LogP contribution in [0.25, 0.3) is 5.69 Å². The van der Waals surface area contributed by atoms with E-state index in [1.165, 1.54) is 0 Å². The van der Waals surface area contributed by atoms with Crippen molar-refractivity contribution >= 4 is 0 Å². The Hall–Kier alpha value is -0.991. The molecule has 0 amide bonds. The van der Waals surface area contributed by atoms with Crippen LogP contribution in [-0.2, 0) is 27.2 Å². The first-order valence-corrected chi connectivity index (χ1v) is 3.73. The molecule has 2 aromatic rings. The summed E-state index contributed by atoms with van der Waals surface area (Å²) in [5.74, 6) is 0. The molecule has 0 spiro atoms. The van der Waals surface area contributed by atoms with Crippen molar-refractivity contribution in [1.29, 1.82) is 0 Å². The van der Waals surface area contributed by atoms with Crippen LogP contribution in [0.4, 0.5) is 0 Å². The van der Waals surface area contributed by atoms with E-state index in [2.05, 4.69) is 11.2 Å². The van der Waals surface area contributed by atoms with Gasteiger partial charge >= 0.3 is 0 Å². The average molecular weight is 351 g/mol. The normalized spacial score (nSPS) is 9.31. The molecule has 69 valence electrons. The molecule has 0 saturated heterocycles. The summed E-state index contributed by atoms with van der Waals surface area (Å²) in [4.78, 5) is 0. The summed E-state index contributed by atoms with van der Waals surface area (Å²) < 4.78 is 3.67. The summed E-state index contributed by atoms with van der Waals surface area (Å²) in [6.45, 7) is 0. The number of hydrogen-bond donors (Lipinski definition) is 0. The number of para-hydroxylation sites is 1. The zero-order chi connectivity index (χ0) is 8.39. The van der Waals surface area contributed by atoms with Gasteiger partial charge in [0.25, 0.3) is 6.33 Å². The first-order valence-electron chi connectivity index (χ1n) is 3.73. The topological polar surface area (TPSA) is 21.7 Å². The van der Waals surface area contributed by atoms with Crippen molar-refractivity contribution in [3.8, 4) is 5.69 Å². The molecule has 0 fully saturated rings. The van der Waals surface area contributed by atoms with Gasteiger partial charge in [-0.25, -0.2) is 4.57 Å². The Balaban J connectivity index is 0.000000845. The van der Waals surface area contributed by atoms with Crippen LogP contribution in [0.15, 0.2) is 36.9 Å². The fourth-order valence-corrected chi connectivity index (χ4v) is 1.02. The second-order valence-electron chi connectivity index (χ2n) is 2.60. The minimum absolute atomic E-state index is 0. The molecule has 0 aliphatic heterocycles. The zero-order valence-electron chi connectivity index (χ0n) is 7.14. The number of aryl methyl sites for hydroxylation is 1. The molecule has 0 bridgehead atoms. The van der Waals surface area contributed by atoms with E-state index in [0.717, 1.165) is 5.69 Å². The summed E-state index contributed by atoms with van der Waals surface area (Å²) in [6, 6.07) is 10.8. The Morgan fingerprint density at radius 2 is 2.31 bits per heavy atom. The third-order valence-electron chi connectivity index (χ3n) is 1.59. The Labute approximate surface area is 90.4 Å². The molecule has 2 rings (SSSR count). The second-order valence-corrected chi connectivity index (χ2v) is 2.60. The van der Waals surface area contributed by atoms with Gasteiger partial charge in [-0.15, -0.1) is 16.8 Å². The number of aromatic nitrogens is 3. The van der Waals surface area contributed by atoms with E-state index in [-0.39, 0.29) is 20.1 Å². The van der Waals surface area contributed by atoms with Gasteiger partial charge in [-0.3, -0.25) is 0 Å². The van der Waals surface area contributed by atoms with E-state index in [9.17, 15) is 0 Å². The van der Waals surface area contributed by atoms with Crippen molar-refractivity contribution in [3.05, 3.63) is 43.0 Å². The van der Waals surface area contributed by atoms with E-state index in [4.69, 9.17) is 0 Å². The molecule has 0 N–H and O–H groups in total. The molecule has 0 unspecified atom stereocenters. The monoisotopic (exact) mass is 352 g/mol. The summed E-state index contributed by atoms with van der Waals surface area (Å²) in [5.41, 5.74) is 0.957. The van der Waals surface area contributed by atoms with Gasteiger partial charge in [0.2, 0.25) is 6.33 Å². The summed E-state index contributed by atoms with van der Waals surface area (Å²) >= 11 is 0. The van der Waals surface area contributed by atoms with E-state index in [1.807, 2.05) is 42.2 Å². The van der Waals surface area contributed by atoms with E-state index in [1.54, 1.807) is 11.0 Å². The third kappa shape index (κ3) is 2.23. The Bertz CT molecular complexity index is 369. The Kier molecular flexibility index (Phi) is 3.34. The fraction of sp³-hybridized carbons (Fsp3) is 0.111. The largest absolute Gasteiger partial charge is 0.265 e. The van der Waals surface area contributed by atoms with Crippen LogP contribution >= 0.6 is 0 Å². The molecule has 1 aromatic heterocycles. The molecule has 0 atom stereocenters. The average Bonchev–Trinajstić information content (AvgIpc) is 2.54. The maximum atomic E-state index is 4.13. The molecule has 0 aliphatic carbocycles. The van der Waals surface area contributed by atoms with Gasteiger partial charge in [0.15, 0.2) is 0 Å². The predicted octanol–water partition coefficient (Wildman–Crippen LogP) is 0.494. The van der Waals surface area contributed by atoms with Crippen molar-refractivity contribution < 1.29 is 24.7 Å². The van der Waals surface area contributed by atoms with E-state index >= 15 is 0 Å². The summed E-state index contributed by atoms with van der Waals surface area (Å²) in [6.07, 6.45) is 3.65. The minimum atomic E-state index is 0. The molecule has 1 aromatic carbocycles. The van der Waals surface area contributed by atoms with Crippen molar-refractivity contribution in [1.82, 2.24) is 9.78 Å². The van der Waals surface area contributed by atoms with Crippen molar-refractivity contribution in [2.75, 3.05) is 0 Å². The number of rotatable bonds is 1. The zero-order valence-corrected chi connectivity index (χ0v) is 9.53. The van der Waals surface area contributed by atoms with Crippen molar-refractivity contribution in [2.45, 2.75) is 0 Å².